The third-order valence-electron chi connectivity index (χ3n) is 3.37. The molecule has 0 saturated carbocycles. The molecule has 2 heterocycles. The molecule has 1 saturated heterocycles. The number of amides is 3. The van der Waals surface area contributed by atoms with Gasteiger partial charge < -0.3 is 4.57 Å². The molecule has 0 bridgehead atoms. The summed E-state index contributed by atoms with van der Waals surface area (Å²) in [6.45, 7) is 4.55. The van der Waals surface area contributed by atoms with E-state index in [0.717, 1.165) is 5.56 Å². The number of anilines is 1. The zero-order valence-electron chi connectivity index (χ0n) is 12.5. The monoisotopic (exact) mass is 288 g/mol. The molecule has 0 radical (unpaired) electrons. The van der Waals surface area contributed by atoms with Gasteiger partial charge in [-0.15, -0.1) is 0 Å². The molecular weight excluding hydrogens is 268 g/mol. The first-order valence-electron chi connectivity index (χ1n) is 6.95. The van der Waals surface area contributed by atoms with E-state index in [1.807, 2.05) is 29.9 Å². The Balaban J connectivity index is 2.44. The molecule has 0 aliphatic carbocycles. The maximum absolute atomic E-state index is 11.9. The van der Waals surface area contributed by atoms with Crippen molar-refractivity contribution in [3.05, 3.63) is 36.3 Å². The SMILES string of the molecule is CC(C)c1cccn(C)c(N2CCC(=O)NC2=O)cnc1. The Kier molecular flexibility index (Phi) is 4.57. The van der Waals surface area contributed by atoms with Gasteiger partial charge in [0.1, 0.15) is 5.82 Å². The van der Waals surface area contributed by atoms with Crippen molar-refractivity contribution < 1.29 is 9.59 Å². The van der Waals surface area contributed by atoms with Crippen LogP contribution in [0.3, 0.4) is 0 Å². The molecule has 3 amide bonds. The summed E-state index contributed by atoms with van der Waals surface area (Å²) in [5.74, 6) is 0.755. The van der Waals surface area contributed by atoms with E-state index < -0.39 is 6.03 Å². The Morgan fingerprint density at radius 1 is 1.29 bits per heavy atom. The summed E-state index contributed by atoms with van der Waals surface area (Å²) in [5.41, 5.74) is 1.11. The van der Waals surface area contributed by atoms with Crippen LogP contribution in [-0.2, 0) is 11.8 Å². The number of hydrogen-bond donors (Lipinski definition) is 1. The van der Waals surface area contributed by atoms with Gasteiger partial charge in [-0.05, 0) is 17.5 Å². The van der Waals surface area contributed by atoms with E-state index in [4.69, 9.17) is 0 Å². The van der Waals surface area contributed by atoms with Gasteiger partial charge in [0.25, 0.3) is 0 Å². The summed E-state index contributed by atoms with van der Waals surface area (Å²) in [4.78, 5) is 29.0. The van der Waals surface area contributed by atoms with E-state index in [2.05, 4.69) is 24.1 Å². The number of carbonyl (C=O) groups is 2. The highest BCUT2D eigenvalue weighted by atomic mass is 16.2. The standard InChI is InChI=1S/C15H20N4O2/c1-11(2)12-5-4-7-18(3)14(10-16-9-12)19-8-6-13(20)17-15(19)21/h4-5,7,9-11H,6,8H2,1-3H3,(H,17,20,21). The second kappa shape index (κ2) is 6.39. The molecule has 2 rings (SSSR count). The van der Waals surface area contributed by atoms with Crippen LogP contribution in [0.5, 0.6) is 0 Å². The predicted octanol–water partition coefficient (Wildman–Crippen LogP) is 2.11. The average molecular weight is 288 g/mol. The summed E-state index contributed by atoms with van der Waals surface area (Å²) >= 11 is 0. The van der Waals surface area contributed by atoms with Crippen LogP contribution >= 0.6 is 0 Å². The maximum atomic E-state index is 11.9. The normalized spacial score (nSPS) is 15.0. The van der Waals surface area contributed by atoms with Crippen LogP contribution in [0.1, 0.15) is 31.7 Å². The highest BCUT2D eigenvalue weighted by Gasteiger charge is 2.25. The number of urea groups is 1. The number of nitrogens with zero attached hydrogens (tertiary/aromatic N) is 3. The molecule has 0 atom stereocenters. The summed E-state index contributed by atoms with van der Waals surface area (Å²) < 4.78 is 1.81. The van der Waals surface area contributed by atoms with Crippen LogP contribution in [0, 0.1) is 0 Å². The molecule has 112 valence electrons. The van der Waals surface area contributed by atoms with Gasteiger partial charge in [0.15, 0.2) is 0 Å². The molecule has 1 aliphatic rings. The molecule has 1 aromatic heterocycles. The fourth-order valence-electron chi connectivity index (χ4n) is 2.07. The third-order valence-corrected chi connectivity index (χ3v) is 3.37. The minimum absolute atomic E-state index is 0.245. The summed E-state index contributed by atoms with van der Waals surface area (Å²) in [7, 11) is 1.84. The van der Waals surface area contributed by atoms with Gasteiger partial charge in [-0.25, -0.2) is 4.79 Å². The number of imide groups is 1. The molecule has 0 aromatic carbocycles. The lowest BCUT2D eigenvalue weighted by Crippen LogP contribution is -2.50. The van der Waals surface area contributed by atoms with Crippen LogP contribution < -0.4 is 10.2 Å². The lowest BCUT2D eigenvalue weighted by molar-refractivity contribution is -0.120. The Hall–Kier alpha value is -2.37. The zero-order valence-corrected chi connectivity index (χ0v) is 12.5. The van der Waals surface area contributed by atoms with Crippen LogP contribution in [0.25, 0.3) is 0 Å². The van der Waals surface area contributed by atoms with Crippen molar-refractivity contribution in [1.29, 1.82) is 0 Å². The van der Waals surface area contributed by atoms with Crippen molar-refractivity contribution in [2.45, 2.75) is 26.2 Å². The van der Waals surface area contributed by atoms with Crippen LogP contribution in [0.2, 0.25) is 0 Å². The molecule has 1 aliphatic heterocycles. The maximum Gasteiger partial charge on any atom is 0.329 e. The van der Waals surface area contributed by atoms with Crippen molar-refractivity contribution >= 4 is 17.8 Å². The molecule has 6 heteroatoms. The molecule has 0 spiro atoms. The van der Waals surface area contributed by atoms with Gasteiger partial charge in [0.2, 0.25) is 5.91 Å². The zero-order chi connectivity index (χ0) is 15.4. The molecule has 6 nitrogen and oxygen atoms in total. The first kappa shape index (κ1) is 15.0. The Morgan fingerprint density at radius 3 is 2.71 bits per heavy atom. The summed E-state index contributed by atoms with van der Waals surface area (Å²) in [6, 6.07) is 3.51. The average Bonchev–Trinajstić information content (AvgIpc) is 2.50. The number of aromatic nitrogens is 2. The molecule has 1 fully saturated rings. The van der Waals surface area contributed by atoms with E-state index in [0.29, 0.717) is 24.7 Å². The Bertz CT molecular complexity index is 606. The first-order valence-corrected chi connectivity index (χ1v) is 6.95. The van der Waals surface area contributed by atoms with E-state index >= 15 is 0 Å². The van der Waals surface area contributed by atoms with Crippen molar-refractivity contribution in [1.82, 2.24) is 14.9 Å². The van der Waals surface area contributed by atoms with Crippen LogP contribution in [0.15, 0.2) is 30.7 Å². The van der Waals surface area contributed by atoms with Gasteiger partial charge in [-0.2, -0.15) is 0 Å². The van der Waals surface area contributed by atoms with E-state index in [9.17, 15) is 9.59 Å². The van der Waals surface area contributed by atoms with Crippen molar-refractivity contribution in [3.8, 4) is 0 Å². The largest absolute Gasteiger partial charge is 0.336 e. The van der Waals surface area contributed by atoms with Crippen molar-refractivity contribution in [2.75, 3.05) is 11.4 Å². The lowest BCUT2D eigenvalue weighted by atomic mass is 10.1. The summed E-state index contributed by atoms with van der Waals surface area (Å²) in [5, 5.41) is 2.32. The van der Waals surface area contributed by atoms with E-state index in [1.165, 1.54) is 4.90 Å². The van der Waals surface area contributed by atoms with Gasteiger partial charge in [-0.1, -0.05) is 19.9 Å². The van der Waals surface area contributed by atoms with Gasteiger partial charge in [0.05, 0.1) is 6.20 Å². The number of nitrogens with one attached hydrogen (secondary N) is 1. The molecule has 0 unspecified atom stereocenters. The number of rotatable bonds is 2. The summed E-state index contributed by atoms with van der Waals surface area (Å²) in [6.07, 6.45) is 5.59. The second-order valence-corrected chi connectivity index (χ2v) is 5.29. The lowest BCUT2D eigenvalue weighted by Gasteiger charge is -2.27. The molecule has 1 N–H and O–H groups in total. The van der Waals surface area contributed by atoms with E-state index in [1.54, 1.807) is 12.4 Å². The molecule has 21 heavy (non-hydrogen) atoms. The third kappa shape index (κ3) is 3.59. The fraction of sp³-hybridized carbons (Fsp3) is 0.400. The minimum Gasteiger partial charge on any atom is -0.336 e. The Morgan fingerprint density at radius 2 is 2.05 bits per heavy atom. The highest BCUT2D eigenvalue weighted by molar-refractivity contribution is 6.05. The fourth-order valence-corrected chi connectivity index (χ4v) is 2.07. The molecular formula is C15H20N4O2. The number of aryl methyl sites for hydroxylation is 1. The van der Waals surface area contributed by atoms with Crippen LogP contribution in [-0.4, -0.2) is 28.0 Å². The minimum atomic E-state index is -0.413. The predicted molar refractivity (Wildman–Crippen MR) is 80.4 cm³/mol. The van der Waals surface area contributed by atoms with Crippen LogP contribution in [0.4, 0.5) is 10.6 Å². The smallest absolute Gasteiger partial charge is 0.329 e. The van der Waals surface area contributed by atoms with Gasteiger partial charge >= 0.3 is 6.03 Å². The van der Waals surface area contributed by atoms with Gasteiger partial charge in [-0.3, -0.25) is 20.0 Å². The van der Waals surface area contributed by atoms with Gasteiger partial charge in [0, 0.05) is 32.4 Å². The second-order valence-electron chi connectivity index (χ2n) is 5.29. The first-order chi connectivity index (χ1) is 9.99. The van der Waals surface area contributed by atoms with Crippen molar-refractivity contribution in [2.24, 2.45) is 7.05 Å². The Labute approximate surface area is 124 Å². The van der Waals surface area contributed by atoms with E-state index in [-0.39, 0.29) is 5.91 Å². The topological polar surface area (TPSA) is 67.2 Å². The number of hydrogen-bond acceptors (Lipinski definition) is 3. The van der Waals surface area contributed by atoms with Crippen molar-refractivity contribution in [3.63, 3.8) is 0 Å². The molecule has 1 aromatic rings. The number of carbonyl (C=O) groups excluding carboxylic acids is 2. The quantitative estimate of drug-likeness (QED) is 0.906. The highest BCUT2D eigenvalue weighted by Crippen LogP contribution is 2.15.